The molecule has 0 spiro atoms. The Morgan fingerprint density at radius 1 is 1.22 bits per heavy atom. The standard InChI is InChI=1S/C18H22F4N2O3/c1-17(2,3)27-16(25)24-9-7-11(8-10-24)15(23-26)12-5-4-6-13(14(12)19)18(20,21)22/h4-6,11,26H,7-10H2,1-3H3/b23-15-. The predicted octanol–water partition coefficient (Wildman–Crippen LogP) is 4.67. The Kier molecular flexibility index (Phi) is 6.01. The number of nitrogens with zero attached hydrogens (tertiary/aromatic N) is 2. The third kappa shape index (κ3) is 5.11. The molecule has 1 fully saturated rings. The summed E-state index contributed by atoms with van der Waals surface area (Å²) in [6.45, 7) is 5.75. The van der Waals surface area contributed by atoms with Crippen molar-refractivity contribution in [3.8, 4) is 0 Å². The number of ether oxygens (including phenoxy) is 1. The van der Waals surface area contributed by atoms with Gasteiger partial charge in [-0.3, -0.25) is 0 Å². The van der Waals surface area contributed by atoms with Crippen molar-refractivity contribution in [3.63, 3.8) is 0 Å². The van der Waals surface area contributed by atoms with Crippen LogP contribution < -0.4 is 0 Å². The number of benzene rings is 1. The van der Waals surface area contributed by atoms with Gasteiger partial charge < -0.3 is 14.8 Å². The number of carbonyl (C=O) groups is 1. The molecule has 1 aliphatic heterocycles. The summed E-state index contributed by atoms with van der Waals surface area (Å²) in [4.78, 5) is 13.5. The van der Waals surface area contributed by atoms with E-state index in [2.05, 4.69) is 5.16 Å². The SMILES string of the molecule is CC(C)(C)OC(=O)N1CCC(/C(=N/O)c2cccc(C(F)(F)F)c2F)CC1. The molecule has 1 aromatic rings. The molecule has 0 radical (unpaired) electrons. The summed E-state index contributed by atoms with van der Waals surface area (Å²) in [5.41, 5.74) is -2.59. The van der Waals surface area contributed by atoms with Crippen molar-refractivity contribution >= 4 is 11.8 Å². The number of halogens is 4. The molecular formula is C18H22F4N2O3. The van der Waals surface area contributed by atoms with E-state index in [1.165, 1.54) is 4.90 Å². The first kappa shape index (κ1) is 21.0. The van der Waals surface area contributed by atoms with Gasteiger partial charge in [0.1, 0.15) is 11.4 Å². The highest BCUT2D eigenvalue weighted by atomic mass is 19.4. The molecule has 1 N–H and O–H groups in total. The normalized spacial score (nSPS) is 17.1. The first-order valence-electron chi connectivity index (χ1n) is 8.50. The van der Waals surface area contributed by atoms with Gasteiger partial charge in [0, 0.05) is 24.6 Å². The molecule has 27 heavy (non-hydrogen) atoms. The van der Waals surface area contributed by atoms with Crippen LogP contribution in [0.4, 0.5) is 22.4 Å². The number of carbonyl (C=O) groups excluding carboxylic acids is 1. The van der Waals surface area contributed by atoms with Gasteiger partial charge in [0.25, 0.3) is 0 Å². The van der Waals surface area contributed by atoms with Gasteiger partial charge in [-0.25, -0.2) is 9.18 Å². The highest BCUT2D eigenvalue weighted by molar-refractivity contribution is 6.02. The lowest BCUT2D eigenvalue weighted by molar-refractivity contribution is -0.140. The van der Waals surface area contributed by atoms with Gasteiger partial charge in [-0.1, -0.05) is 17.3 Å². The van der Waals surface area contributed by atoms with Crippen LogP contribution in [0.1, 0.15) is 44.7 Å². The second-order valence-corrected chi connectivity index (χ2v) is 7.39. The van der Waals surface area contributed by atoms with Crippen molar-refractivity contribution in [2.75, 3.05) is 13.1 Å². The summed E-state index contributed by atoms with van der Waals surface area (Å²) in [7, 11) is 0. The van der Waals surface area contributed by atoms with Crippen molar-refractivity contribution in [2.45, 2.75) is 45.4 Å². The van der Waals surface area contributed by atoms with Crippen molar-refractivity contribution in [2.24, 2.45) is 11.1 Å². The third-order valence-corrected chi connectivity index (χ3v) is 4.22. The molecule has 2 rings (SSSR count). The molecule has 0 aliphatic carbocycles. The van der Waals surface area contributed by atoms with Crippen molar-refractivity contribution in [1.29, 1.82) is 0 Å². The number of amides is 1. The van der Waals surface area contributed by atoms with Gasteiger partial charge in [0.05, 0.1) is 11.3 Å². The number of alkyl halides is 3. The number of hydrogen-bond donors (Lipinski definition) is 1. The summed E-state index contributed by atoms with van der Waals surface area (Å²) in [5.74, 6) is -1.95. The topological polar surface area (TPSA) is 62.1 Å². The summed E-state index contributed by atoms with van der Waals surface area (Å²) < 4.78 is 58.4. The largest absolute Gasteiger partial charge is 0.444 e. The summed E-state index contributed by atoms with van der Waals surface area (Å²) in [6, 6.07) is 2.86. The van der Waals surface area contributed by atoms with Gasteiger partial charge >= 0.3 is 12.3 Å². The second-order valence-electron chi connectivity index (χ2n) is 7.39. The number of rotatable bonds is 2. The van der Waals surface area contributed by atoms with E-state index in [1.807, 2.05) is 0 Å². The maximum absolute atomic E-state index is 14.4. The zero-order valence-corrected chi connectivity index (χ0v) is 15.3. The van der Waals surface area contributed by atoms with E-state index in [9.17, 15) is 27.6 Å². The van der Waals surface area contributed by atoms with E-state index in [1.54, 1.807) is 20.8 Å². The third-order valence-electron chi connectivity index (χ3n) is 4.22. The molecule has 9 heteroatoms. The van der Waals surface area contributed by atoms with Crippen LogP contribution in [0.5, 0.6) is 0 Å². The Morgan fingerprint density at radius 3 is 2.30 bits per heavy atom. The Bertz CT molecular complexity index is 718. The fourth-order valence-electron chi connectivity index (χ4n) is 2.97. The fourth-order valence-corrected chi connectivity index (χ4v) is 2.97. The quantitative estimate of drug-likeness (QED) is 0.346. The molecule has 0 bridgehead atoms. The molecule has 1 amide bonds. The Morgan fingerprint density at radius 2 is 1.81 bits per heavy atom. The minimum absolute atomic E-state index is 0.151. The lowest BCUT2D eigenvalue weighted by Gasteiger charge is -2.33. The van der Waals surface area contributed by atoms with E-state index in [0.29, 0.717) is 18.9 Å². The van der Waals surface area contributed by atoms with Crippen molar-refractivity contribution in [3.05, 3.63) is 35.1 Å². The Hall–Kier alpha value is -2.32. The second kappa shape index (κ2) is 7.74. The molecule has 1 aliphatic rings. The molecule has 150 valence electrons. The lowest BCUT2D eigenvalue weighted by Crippen LogP contribution is -2.43. The van der Waals surface area contributed by atoms with E-state index < -0.39 is 35.2 Å². The molecule has 0 aromatic heterocycles. The number of likely N-dealkylation sites (tertiary alicyclic amines) is 1. The van der Waals surface area contributed by atoms with Crippen LogP contribution in [0.3, 0.4) is 0 Å². The van der Waals surface area contributed by atoms with Crippen LogP contribution in [-0.2, 0) is 10.9 Å². The molecule has 0 saturated carbocycles. The highest BCUT2D eigenvalue weighted by Crippen LogP contribution is 2.34. The van der Waals surface area contributed by atoms with Crippen LogP contribution in [0.15, 0.2) is 23.4 Å². The zero-order chi connectivity index (χ0) is 20.4. The molecule has 1 saturated heterocycles. The number of piperidine rings is 1. The lowest BCUT2D eigenvalue weighted by atomic mass is 9.87. The molecular weight excluding hydrogens is 368 g/mol. The molecule has 5 nitrogen and oxygen atoms in total. The highest BCUT2D eigenvalue weighted by Gasteiger charge is 2.37. The summed E-state index contributed by atoms with van der Waals surface area (Å²) in [5, 5.41) is 12.4. The Balaban J connectivity index is 2.15. The van der Waals surface area contributed by atoms with Crippen molar-refractivity contribution in [1.82, 2.24) is 4.90 Å². The average molecular weight is 390 g/mol. The first-order valence-corrected chi connectivity index (χ1v) is 8.50. The van der Waals surface area contributed by atoms with Crippen LogP contribution in [0, 0.1) is 11.7 Å². The van der Waals surface area contributed by atoms with E-state index in [4.69, 9.17) is 4.74 Å². The van der Waals surface area contributed by atoms with Crippen LogP contribution in [-0.4, -0.2) is 40.6 Å². The Labute approximate surface area is 154 Å². The molecule has 0 atom stereocenters. The minimum atomic E-state index is -4.85. The van der Waals surface area contributed by atoms with Gasteiger partial charge in [0.2, 0.25) is 0 Å². The van der Waals surface area contributed by atoms with Gasteiger partial charge in [-0.05, 0) is 39.7 Å². The molecule has 0 unspecified atom stereocenters. The zero-order valence-electron chi connectivity index (χ0n) is 15.3. The number of oxime groups is 1. The van der Waals surface area contributed by atoms with Crippen LogP contribution in [0.2, 0.25) is 0 Å². The molecule has 1 aromatic carbocycles. The monoisotopic (exact) mass is 390 g/mol. The molecule has 1 heterocycles. The fraction of sp³-hybridized carbons (Fsp3) is 0.556. The number of hydrogen-bond acceptors (Lipinski definition) is 4. The minimum Gasteiger partial charge on any atom is -0.444 e. The summed E-state index contributed by atoms with van der Waals surface area (Å²) >= 11 is 0. The summed E-state index contributed by atoms with van der Waals surface area (Å²) in [6.07, 6.45) is -4.71. The van der Waals surface area contributed by atoms with Gasteiger partial charge in [-0.2, -0.15) is 13.2 Å². The average Bonchev–Trinajstić information content (AvgIpc) is 2.55. The maximum Gasteiger partial charge on any atom is 0.419 e. The van der Waals surface area contributed by atoms with Crippen LogP contribution >= 0.6 is 0 Å². The smallest absolute Gasteiger partial charge is 0.419 e. The van der Waals surface area contributed by atoms with E-state index in [-0.39, 0.29) is 24.4 Å². The predicted molar refractivity (Wildman–Crippen MR) is 90.3 cm³/mol. The van der Waals surface area contributed by atoms with Crippen molar-refractivity contribution < 1.29 is 32.3 Å². The maximum atomic E-state index is 14.4. The van der Waals surface area contributed by atoms with Crippen LogP contribution in [0.25, 0.3) is 0 Å². The van der Waals surface area contributed by atoms with Gasteiger partial charge in [-0.15, -0.1) is 0 Å². The first-order chi connectivity index (χ1) is 12.4. The van der Waals surface area contributed by atoms with Gasteiger partial charge in [0.15, 0.2) is 0 Å². The van der Waals surface area contributed by atoms with E-state index in [0.717, 1.165) is 12.1 Å². The van der Waals surface area contributed by atoms with E-state index >= 15 is 0 Å².